The second kappa shape index (κ2) is 5.50. The molecular weight excluding hydrogens is 302 g/mol. The number of hydrogen-bond acceptors (Lipinski definition) is 3. The lowest BCUT2D eigenvalue weighted by atomic mass is 10.1. The van der Waals surface area contributed by atoms with Crippen LogP contribution in [0.3, 0.4) is 0 Å². The monoisotopic (exact) mass is 317 g/mol. The van der Waals surface area contributed by atoms with Gasteiger partial charge in [0, 0.05) is 11.0 Å². The predicted octanol–water partition coefficient (Wildman–Crippen LogP) is 1.97. The molecule has 1 heterocycles. The first-order valence-electron chi connectivity index (χ1n) is 5.71. The van der Waals surface area contributed by atoms with E-state index in [1.54, 1.807) is 0 Å². The maximum Gasteiger partial charge on any atom is 0.150 e. The van der Waals surface area contributed by atoms with Crippen LogP contribution in [0, 0.1) is 5.92 Å². The summed E-state index contributed by atoms with van der Waals surface area (Å²) < 4.78 is 23.6. The van der Waals surface area contributed by atoms with E-state index < -0.39 is 9.84 Å². The molecule has 1 aromatic rings. The number of halogens is 1. The third-order valence-electron chi connectivity index (χ3n) is 3.00. The van der Waals surface area contributed by atoms with Crippen molar-refractivity contribution in [1.82, 2.24) is 5.32 Å². The fourth-order valence-corrected chi connectivity index (χ4v) is 4.18. The van der Waals surface area contributed by atoms with Gasteiger partial charge < -0.3 is 5.32 Å². The number of rotatable bonds is 4. The van der Waals surface area contributed by atoms with E-state index in [9.17, 15) is 8.42 Å². The van der Waals surface area contributed by atoms with Gasteiger partial charge in [0.2, 0.25) is 0 Å². The summed E-state index contributed by atoms with van der Waals surface area (Å²) in [6.07, 6.45) is 0.801. The van der Waals surface area contributed by atoms with Gasteiger partial charge in [-0.1, -0.05) is 28.1 Å². The number of sulfone groups is 1. The Morgan fingerprint density at radius 1 is 1.29 bits per heavy atom. The lowest BCUT2D eigenvalue weighted by Crippen LogP contribution is -2.23. The molecule has 1 aliphatic rings. The Kier molecular flexibility index (Phi) is 4.22. The summed E-state index contributed by atoms with van der Waals surface area (Å²) in [5.74, 6) is 0.994. The highest BCUT2D eigenvalue weighted by molar-refractivity contribution is 9.10. The molecule has 0 spiro atoms. The van der Waals surface area contributed by atoms with Gasteiger partial charge in [-0.2, -0.15) is 0 Å². The van der Waals surface area contributed by atoms with Crippen LogP contribution in [-0.2, 0) is 16.4 Å². The molecule has 1 saturated heterocycles. The highest BCUT2D eigenvalue weighted by atomic mass is 79.9. The summed E-state index contributed by atoms with van der Waals surface area (Å²) in [7, 11) is -2.74. The SMILES string of the molecule is O=S1(=O)CCC(CNCc2ccc(Br)cc2)C1. The van der Waals surface area contributed by atoms with Crippen molar-refractivity contribution in [3.8, 4) is 0 Å². The van der Waals surface area contributed by atoms with E-state index in [1.807, 2.05) is 12.1 Å². The predicted molar refractivity (Wildman–Crippen MR) is 72.6 cm³/mol. The first-order valence-corrected chi connectivity index (χ1v) is 8.32. The molecule has 2 rings (SSSR count). The molecule has 0 radical (unpaired) electrons. The maximum absolute atomic E-state index is 11.3. The first kappa shape index (κ1) is 13.1. The third-order valence-corrected chi connectivity index (χ3v) is 5.37. The van der Waals surface area contributed by atoms with Gasteiger partial charge >= 0.3 is 0 Å². The molecule has 1 aliphatic heterocycles. The van der Waals surface area contributed by atoms with Gasteiger partial charge in [0.05, 0.1) is 11.5 Å². The number of hydrogen-bond donors (Lipinski definition) is 1. The molecule has 0 aliphatic carbocycles. The molecule has 1 atom stereocenters. The van der Waals surface area contributed by atoms with Crippen LogP contribution in [0.5, 0.6) is 0 Å². The Labute approximate surface area is 111 Å². The van der Waals surface area contributed by atoms with Crippen LogP contribution in [0.1, 0.15) is 12.0 Å². The molecule has 5 heteroatoms. The molecule has 0 amide bonds. The standard InChI is InChI=1S/C12H16BrNO2S/c13-12-3-1-10(2-4-12)7-14-8-11-5-6-17(15,16)9-11/h1-4,11,14H,5-9H2. The first-order chi connectivity index (χ1) is 8.05. The van der Waals surface area contributed by atoms with Crippen LogP contribution < -0.4 is 5.32 Å². The molecule has 0 bridgehead atoms. The van der Waals surface area contributed by atoms with Gasteiger partial charge in [-0.25, -0.2) is 8.42 Å². The van der Waals surface area contributed by atoms with E-state index in [-0.39, 0.29) is 5.92 Å². The van der Waals surface area contributed by atoms with Gasteiger partial charge in [0.25, 0.3) is 0 Å². The van der Waals surface area contributed by atoms with Crippen molar-refractivity contribution < 1.29 is 8.42 Å². The molecule has 1 fully saturated rings. The Morgan fingerprint density at radius 2 is 2.00 bits per heavy atom. The summed E-state index contributed by atoms with van der Waals surface area (Å²) in [5, 5.41) is 3.32. The molecule has 3 nitrogen and oxygen atoms in total. The van der Waals surface area contributed by atoms with Crippen LogP contribution >= 0.6 is 15.9 Å². The van der Waals surface area contributed by atoms with Crippen LogP contribution in [0.15, 0.2) is 28.7 Å². The topological polar surface area (TPSA) is 46.2 Å². The minimum atomic E-state index is -2.74. The highest BCUT2D eigenvalue weighted by Crippen LogP contribution is 2.17. The van der Waals surface area contributed by atoms with E-state index >= 15 is 0 Å². The Hall–Kier alpha value is -0.390. The van der Waals surface area contributed by atoms with Crippen LogP contribution in [0.2, 0.25) is 0 Å². The molecule has 17 heavy (non-hydrogen) atoms. The highest BCUT2D eigenvalue weighted by Gasteiger charge is 2.27. The second-order valence-corrected chi connectivity index (χ2v) is 7.67. The van der Waals surface area contributed by atoms with E-state index in [2.05, 4.69) is 33.4 Å². The maximum atomic E-state index is 11.3. The van der Waals surface area contributed by atoms with Crippen LogP contribution in [0.4, 0.5) is 0 Å². The van der Waals surface area contributed by atoms with Gasteiger partial charge in [0.1, 0.15) is 0 Å². The molecule has 1 unspecified atom stereocenters. The van der Waals surface area contributed by atoms with Crippen LogP contribution in [-0.4, -0.2) is 26.5 Å². The summed E-state index contributed by atoms with van der Waals surface area (Å²) in [6.45, 7) is 1.58. The number of benzene rings is 1. The minimum Gasteiger partial charge on any atom is -0.312 e. The Bertz CT molecular complexity index is 470. The summed E-state index contributed by atoms with van der Waals surface area (Å²) in [4.78, 5) is 0. The molecule has 1 N–H and O–H groups in total. The second-order valence-electron chi connectivity index (χ2n) is 4.53. The zero-order valence-corrected chi connectivity index (χ0v) is 11.9. The molecule has 0 aromatic heterocycles. The largest absolute Gasteiger partial charge is 0.312 e. The number of nitrogens with one attached hydrogen (secondary N) is 1. The third kappa shape index (κ3) is 4.08. The van der Waals surface area contributed by atoms with Crippen molar-refractivity contribution in [1.29, 1.82) is 0 Å². The Morgan fingerprint density at radius 3 is 2.59 bits per heavy atom. The van der Waals surface area contributed by atoms with Gasteiger partial charge in [0.15, 0.2) is 9.84 Å². The summed E-state index contributed by atoms with van der Waals surface area (Å²) in [5.41, 5.74) is 1.22. The lowest BCUT2D eigenvalue weighted by Gasteiger charge is -2.09. The van der Waals surface area contributed by atoms with Gasteiger partial charge in [-0.3, -0.25) is 0 Å². The molecular formula is C12H16BrNO2S. The molecule has 1 aromatic carbocycles. The zero-order valence-electron chi connectivity index (χ0n) is 9.52. The fraction of sp³-hybridized carbons (Fsp3) is 0.500. The Balaban J connectivity index is 1.75. The van der Waals surface area contributed by atoms with E-state index in [1.165, 1.54) is 5.56 Å². The molecule has 0 saturated carbocycles. The van der Waals surface area contributed by atoms with Crippen molar-refractivity contribution in [2.24, 2.45) is 5.92 Å². The van der Waals surface area contributed by atoms with Gasteiger partial charge in [-0.15, -0.1) is 0 Å². The van der Waals surface area contributed by atoms with E-state index in [4.69, 9.17) is 0 Å². The normalized spacial score (nSPS) is 22.8. The van der Waals surface area contributed by atoms with Crippen molar-refractivity contribution >= 4 is 25.8 Å². The minimum absolute atomic E-state index is 0.287. The fourth-order valence-electron chi connectivity index (χ4n) is 2.06. The van der Waals surface area contributed by atoms with E-state index in [0.717, 1.165) is 24.0 Å². The summed E-state index contributed by atoms with van der Waals surface area (Å²) in [6, 6.07) is 8.14. The van der Waals surface area contributed by atoms with Crippen molar-refractivity contribution in [2.75, 3.05) is 18.1 Å². The van der Waals surface area contributed by atoms with Gasteiger partial charge in [-0.05, 0) is 36.6 Å². The van der Waals surface area contributed by atoms with E-state index in [0.29, 0.717) is 11.5 Å². The van der Waals surface area contributed by atoms with Crippen molar-refractivity contribution in [2.45, 2.75) is 13.0 Å². The lowest BCUT2D eigenvalue weighted by molar-refractivity contribution is 0.521. The quantitative estimate of drug-likeness (QED) is 0.923. The summed E-state index contributed by atoms with van der Waals surface area (Å²) >= 11 is 3.39. The average molecular weight is 318 g/mol. The molecule has 94 valence electrons. The van der Waals surface area contributed by atoms with Crippen molar-refractivity contribution in [3.05, 3.63) is 34.3 Å². The average Bonchev–Trinajstić information content (AvgIpc) is 2.61. The smallest absolute Gasteiger partial charge is 0.150 e. The van der Waals surface area contributed by atoms with Crippen molar-refractivity contribution in [3.63, 3.8) is 0 Å². The zero-order chi connectivity index (χ0) is 12.3. The van der Waals surface area contributed by atoms with Crippen LogP contribution in [0.25, 0.3) is 0 Å².